The fourth-order valence-electron chi connectivity index (χ4n) is 2.97. The molecule has 1 aromatic rings. The van der Waals surface area contributed by atoms with E-state index in [1.165, 1.54) is 12.3 Å². The summed E-state index contributed by atoms with van der Waals surface area (Å²) in [6.45, 7) is 1.11. The lowest BCUT2D eigenvalue weighted by Gasteiger charge is -2.31. The van der Waals surface area contributed by atoms with Crippen molar-refractivity contribution in [3.8, 4) is 0 Å². The molecular formula is C12H19FN3O12P3. The van der Waals surface area contributed by atoms with Crippen molar-refractivity contribution in [1.29, 1.82) is 0 Å². The molecule has 1 aliphatic rings. The highest BCUT2D eigenvalue weighted by molar-refractivity contribution is 7.66. The van der Waals surface area contributed by atoms with Crippen LogP contribution in [0.15, 0.2) is 29.2 Å². The molecule has 1 aliphatic carbocycles. The molecule has 0 amide bonds. The summed E-state index contributed by atoms with van der Waals surface area (Å²) in [5.41, 5.74) is 2.39. The number of phosphoric ester groups is 1. The highest BCUT2D eigenvalue weighted by Crippen LogP contribution is 2.66. The maximum Gasteiger partial charge on any atom is 0.490 e. The Morgan fingerprint density at radius 2 is 1.87 bits per heavy atom. The monoisotopic (exact) mass is 509 g/mol. The summed E-state index contributed by atoms with van der Waals surface area (Å²) in [5.74, 6) is -0.0881. The molecule has 0 aromatic carbocycles. The van der Waals surface area contributed by atoms with Gasteiger partial charge in [0.2, 0.25) is 0 Å². The Hall–Kier alpha value is -1.28. The highest BCUT2D eigenvalue weighted by atomic mass is 31.3. The quantitative estimate of drug-likeness (QED) is 0.189. The number of phosphoric acid groups is 3. The number of halogens is 1. The molecule has 2 rings (SSSR count). The van der Waals surface area contributed by atoms with Crippen molar-refractivity contribution in [3.63, 3.8) is 0 Å². The summed E-state index contributed by atoms with van der Waals surface area (Å²) in [6.07, 6.45) is -0.635. The molecule has 1 aromatic heterocycles. The maximum absolute atomic E-state index is 14.0. The number of hydrogen-bond donors (Lipinski definition) is 6. The SMILES string of the molecule is C=C1[C@@H](n2ccc(N)nc2=O)C[C@H](O)[C@@]1(CF)COP(=O)(O)OP(=O)(O)OP(=O)(O)O. The molecule has 1 heterocycles. The van der Waals surface area contributed by atoms with Gasteiger partial charge in [-0.3, -0.25) is 9.09 Å². The Balaban J connectivity index is 2.23. The average molecular weight is 509 g/mol. The van der Waals surface area contributed by atoms with Crippen LogP contribution in [0.4, 0.5) is 10.2 Å². The highest BCUT2D eigenvalue weighted by Gasteiger charge is 2.53. The normalized spacial score (nSPS) is 28.3. The lowest BCUT2D eigenvalue weighted by Crippen LogP contribution is -2.38. The summed E-state index contributed by atoms with van der Waals surface area (Å²) < 4.78 is 60.5. The molecule has 0 bridgehead atoms. The zero-order chi connectivity index (χ0) is 23.8. The molecule has 1 saturated carbocycles. The second-order valence-corrected chi connectivity index (χ2v) is 10.9. The van der Waals surface area contributed by atoms with Gasteiger partial charge in [-0.2, -0.15) is 13.6 Å². The Bertz CT molecular complexity index is 1060. The van der Waals surface area contributed by atoms with Gasteiger partial charge in [0.15, 0.2) is 0 Å². The smallest absolute Gasteiger partial charge is 0.392 e. The number of aromatic nitrogens is 2. The van der Waals surface area contributed by atoms with Crippen molar-refractivity contribution in [2.24, 2.45) is 5.41 Å². The summed E-state index contributed by atoms with van der Waals surface area (Å²) in [4.78, 5) is 51.3. The van der Waals surface area contributed by atoms with Gasteiger partial charge in [-0.25, -0.2) is 22.9 Å². The van der Waals surface area contributed by atoms with Crippen molar-refractivity contribution in [2.45, 2.75) is 18.6 Å². The van der Waals surface area contributed by atoms with Gasteiger partial charge in [0.25, 0.3) is 0 Å². The largest absolute Gasteiger partial charge is 0.490 e. The van der Waals surface area contributed by atoms with E-state index in [1.807, 2.05) is 0 Å². The summed E-state index contributed by atoms with van der Waals surface area (Å²) in [5, 5.41) is 10.4. The third-order valence-corrected chi connectivity index (χ3v) is 8.24. The minimum Gasteiger partial charge on any atom is -0.392 e. The van der Waals surface area contributed by atoms with Gasteiger partial charge < -0.3 is 30.4 Å². The van der Waals surface area contributed by atoms with E-state index < -0.39 is 60.0 Å². The van der Waals surface area contributed by atoms with Crippen LogP contribution in [0.5, 0.6) is 0 Å². The van der Waals surface area contributed by atoms with Crippen LogP contribution < -0.4 is 11.4 Å². The van der Waals surface area contributed by atoms with Crippen LogP contribution in [-0.2, 0) is 26.8 Å². The number of hydrogen-bond acceptors (Lipinski definition) is 10. The van der Waals surface area contributed by atoms with Crippen LogP contribution in [0.1, 0.15) is 12.5 Å². The number of alkyl halides is 1. The molecule has 5 atom stereocenters. The lowest BCUT2D eigenvalue weighted by atomic mass is 9.83. The van der Waals surface area contributed by atoms with Crippen LogP contribution in [0.3, 0.4) is 0 Å². The number of rotatable bonds is 9. The number of anilines is 1. The number of nitrogen functional groups attached to an aromatic ring is 1. The van der Waals surface area contributed by atoms with Crippen molar-refractivity contribution in [1.82, 2.24) is 9.55 Å². The van der Waals surface area contributed by atoms with E-state index >= 15 is 0 Å². The molecule has 15 nitrogen and oxygen atoms in total. The first-order chi connectivity index (χ1) is 14.0. The molecule has 0 radical (unpaired) electrons. The molecule has 1 fully saturated rings. The van der Waals surface area contributed by atoms with Crippen molar-refractivity contribution in [3.05, 3.63) is 34.9 Å². The predicted molar refractivity (Wildman–Crippen MR) is 99.9 cm³/mol. The molecule has 31 heavy (non-hydrogen) atoms. The fraction of sp³-hybridized carbons (Fsp3) is 0.500. The third kappa shape index (κ3) is 6.15. The third-order valence-electron chi connectivity index (χ3n) is 4.45. The van der Waals surface area contributed by atoms with E-state index in [0.717, 1.165) is 4.57 Å². The summed E-state index contributed by atoms with van der Waals surface area (Å²) >= 11 is 0. The first-order valence-electron chi connectivity index (χ1n) is 8.08. The number of nitrogens with two attached hydrogens (primary N) is 1. The van der Waals surface area contributed by atoms with Gasteiger partial charge >= 0.3 is 29.2 Å². The Morgan fingerprint density at radius 3 is 2.39 bits per heavy atom. The summed E-state index contributed by atoms with van der Waals surface area (Å²) in [7, 11) is -16.9. The Labute approximate surface area is 173 Å². The van der Waals surface area contributed by atoms with Crippen LogP contribution >= 0.6 is 23.5 Å². The lowest BCUT2D eigenvalue weighted by molar-refractivity contribution is 0.0104. The van der Waals surface area contributed by atoms with Crippen LogP contribution in [-0.4, -0.2) is 53.6 Å². The van der Waals surface area contributed by atoms with E-state index in [1.54, 1.807) is 0 Å². The fourth-order valence-corrected chi connectivity index (χ4v) is 6.06. The van der Waals surface area contributed by atoms with E-state index in [2.05, 4.69) is 24.7 Å². The van der Waals surface area contributed by atoms with Gasteiger partial charge in [0.1, 0.15) is 12.5 Å². The zero-order valence-electron chi connectivity index (χ0n) is 15.4. The Kier molecular flexibility index (Phi) is 7.48. The second kappa shape index (κ2) is 8.93. The van der Waals surface area contributed by atoms with E-state index in [0.29, 0.717) is 0 Å². The molecule has 2 unspecified atom stereocenters. The van der Waals surface area contributed by atoms with Crippen LogP contribution in [0.2, 0.25) is 0 Å². The average Bonchev–Trinajstić information content (AvgIpc) is 2.81. The van der Waals surface area contributed by atoms with Crippen molar-refractivity contribution in [2.75, 3.05) is 19.0 Å². The minimum atomic E-state index is -5.77. The van der Waals surface area contributed by atoms with E-state index in [4.69, 9.17) is 20.4 Å². The first-order valence-corrected chi connectivity index (χ1v) is 12.6. The topological polar surface area (TPSA) is 241 Å². The summed E-state index contributed by atoms with van der Waals surface area (Å²) in [6, 6.07) is 0.263. The molecular weight excluding hydrogens is 490 g/mol. The molecule has 0 saturated heterocycles. The zero-order valence-corrected chi connectivity index (χ0v) is 18.1. The molecule has 7 N–H and O–H groups in total. The van der Waals surface area contributed by atoms with E-state index in [-0.39, 0.29) is 17.8 Å². The Morgan fingerprint density at radius 1 is 1.26 bits per heavy atom. The number of aliphatic hydroxyl groups is 1. The predicted octanol–water partition coefficient (Wildman–Crippen LogP) is -0.0134. The second-order valence-electron chi connectivity index (χ2n) is 6.49. The van der Waals surface area contributed by atoms with Crippen molar-refractivity contribution < 1.29 is 55.9 Å². The molecule has 0 aliphatic heterocycles. The van der Waals surface area contributed by atoms with Gasteiger partial charge in [-0.15, -0.1) is 0 Å². The van der Waals surface area contributed by atoms with Crippen molar-refractivity contribution >= 4 is 29.3 Å². The first kappa shape index (κ1) is 26.0. The van der Waals surface area contributed by atoms with Crippen LogP contribution in [0, 0.1) is 5.41 Å². The van der Waals surface area contributed by atoms with Gasteiger partial charge in [0, 0.05) is 6.20 Å². The standard InChI is InChI=1S/C12H19FN3O12P3/c1-7-8(16-3-2-10(14)15-11(16)18)4-9(17)12(7,5-13)6-26-30(22,23)28-31(24,25)27-29(19,20)21/h2-3,8-9,17H,1,4-6H2,(H,22,23)(H,24,25)(H2,14,15,18)(H2,19,20,21)/t8-,9-,12-/m0/s1. The molecule has 176 valence electrons. The van der Waals surface area contributed by atoms with Gasteiger partial charge in [0.05, 0.1) is 24.2 Å². The minimum absolute atomic E-state index is 0.0881. The molecule has 19 heteroatoms. The number of nitrogens with zero attached hydrogens (tertiary/aromatic N) is 2. The van der Waals surface area contributed by atoms with E-state index in [9.17, 15) is 32.9 Å². The van der Waals surface area contributed by atoms with Crippen LogP contribution in [0.25, 0.3) is 0 Å². The molecule has 0 spiro atoms. The maximum atomic E-state index is 14.0. The number of aliphatic hydroxyl groups excluding tert-OH is 1. The van der Waals surface area contributed by atoms with Gasteiger partial charge in [-0.1, -0.05) is 6.58 Å². The van der Waals surface area contributed by atoms with Gasteiger partial charge in [-0.05, 0) is 18.1 Å².